The number of nitrogens with one attached hydrogen (secondary N) is 1. The van der Waals surface area contributed by atoms with Crippen LogP contribution in [0.3, 0.4) is 0 Å². The van der Waals surface area contributed by atoms with Crippen molar-refractivity contribution in [1.82, 2.24) is 10.3 Å². The summed E-state index contributed by atoms with van der Waals surface area (Å²) in [5.74, 6) is 1.54. The molecule has 1 aliphatic rings. The third-order valence-electron chi connectivity index (χ3n) is 5.73. The van der Waals surface area contributed by atoms with Crippen molar-refractivity contribution in [1.29, 1.82) is 0 Å². The number of fused-ring (bicyclic) bond motifs is 1. The third-order valence-corrected chi connectivity index (χ3v) is 5.73. The van der Waals surface area contributed by atoms with Crippen LogP contribution in [0.25, 0.3) is 10.9 Å². The second-order valence-electron chi connectivity index (χ2n) is 8.82. The Hall–Kier alpha value is -2.62. The standard InChI is InChI=1S/C26H35N3O/c1-19(2)9-7-10-20(3)14-15-27-26(30)23-17-25(29-16-8-11-21(4)18-29)28-24-13-6-5-12-22(23)24/h5-6,9,12-14,17,21H,7-8,10-11,15-16,18H2,1-4H3,(H,27,30)/b20-14+. The number of pyridine rings is 1. The zero-order valence-electron chi connectivity index (χ0n) is 18.9. The molecule has 1 amide bonds. The van der Waals surface area contributed by atoms with Crippen LogP contribution in [-0.2, 0) is 0 Å². The third kappa shape index (κ3) is 5.94. The topological polar surface area (TPSA) is 45.2 Å². The van der Waals surface area contributed by atoms with Gasteiger partial charge in [0.05, 0.1) is 11.1 Å². The number of hydrogen-bond acceptors (Lipinski definition) is 3. The van der Waals surface area contributed by atoms with Crippen molar-refractivity contribution in [3.63, 3.8) is 0 Å². The quantitative estimate of drug-likeness (QED) is 0.584. The fraction of sp³-hybridized carbons (Fsp3) is 0.462. The molecule has 0 bridgehead atoms. The number of amides is 1. The lowest BCUT2D eigenvalue weighted by molar-refractivity contribution is 0.0959. The molecule has 1 atom stereocenters. The van der Waals surface area contributed by atoms with Gasteiger partial charge in [0.15, 0.2) is 0 Å². The highest BCUT2D eigenvalue weighted by atomic mass is 16.1. The number of benzene rings is 1. The number of anilines is 1. The van der Waals surface area contributed by atoms with E-state index in [4.69, 9.17) is 4.98 Å². The highest BCUT2D eigenvalue weighted by Gasteiger charge is 2.20. The number of piperidine rings is 1. The van der Waals surface area contributed by atoms with Gasteiger partial charge in [0, 0.05) is 25.0 Å². The van der Waals surface area contributed by atoms with Crippen LogP contribution in [0, 0.1) is 5.92 Å². The van der Waals surface area contributed by atoms with Crippen LogP contribution in [-0.4, -0.2) is 30.5 Å². The van der Waals surface area contributed by atoms with Gasteiger partial charge in [-0.2, -0.15) is 0 Å². The normalized spacial score (nSPS) is 17.1. The van der Waals surface area contributed by atoms with Crippen LogP contribution in [0.1, 0.15) is 63.7 Å². The molecular formula is C26H35N3O. The second kappa shape index (κ2) is 10.4. The van der Waals surface area contributed by atoms with E-state index in [2.05, 4.69) is 50.1 Å². The Kier molecular flexibility index (Phi) is 7.67. The maximum atomic E-state index is 13.0. The smallest absolute Gasteiger partial charge is 0.252 e. The zero-order valence-corrected chi connectivity index (χ0v) is 18.9. The van der Waals surface area contributed by atoms with Crippen molar-refractivity contribution in [3.05, 3.63) is 59.2 Å². The maximum Gasteiger partial charge on any atom is 0.252 e. The number of carbonyl (C=O) groups excluding carboxylic acids is 1. The molecule has 1 saturated heterocycles. The van der Waals surface area contributed by atoms with E-state index in [0.29, 0.717) is 18.0 Å². The van der Waals surface area contributed by atoms with Crippen molar-refractivity contribution >= 4 is 22.6 Å². The number of rotatable bonds is 7. The molecule has 1 aliphatic heterocycles. The molecule has 4 nitrogen and oxygen atoms in total. The van der Waals surface area contributed by atoms with E-state index in [1.807, 2.05) is 30.3 Å². The van der Waals surface area contributed by atoms with Crippen LogP contribution in [0.4, 0.5) is 5.82 Å². The van der Waals surface area contributed by atoms with Gasteiger partial charge in [0.2, 0.25) is 0 Å². The average Bonchev–Trinajstić information content (AvgIpc) is 2.72. The molecule has 1 aromatic carbocycles. The first-order valence-corrected chi connectivity index (χ1v) is 11.2. The lowest BCUT2D eigenvalue weighted by Crippen LogP contribution is -2.35. The van der Waals surface area contributed by atoms with Gasteiger partial charge < -0.3 is 10.2 Å². The summed E-state index contributed by atoms with van der Waals surface area (Å²) in [6.07, 6.45) is 8.88. The van der Waals surface area contributed by atoms with E-state index in [1.54, 1.807) is 0 Å². The number of nitrogens with zero attached hydrogens (tertiary/aromatic N) is 2. The summed E-state index contributed by atoms with van der Waals surface area (Å²) in [6, 6.07) is 9.91. The summed E-state index contributed by atoms with van der Waals surface area (Å²) in [5.41, 5.74) is 4.24. The molecule has 1 N–H and O–H groups in total. The highest BCUT2D eigenvalue weighted by molar-refractivity contribution is 6.07. The van der Waals surface area contributed by atoms with Crippen LogP contribution in [0.5, 0.6) is 0 Å². The lowest BCUT2D eigenvalue weighted by Gasteiger charge is -2.32. The summed E-state index contributed by atoms with van der Waals surface area (Å²) < 4.78 is 0. The van der Waals surface area contributed by atoms with Crippen LogP contribution < -0.4 is 10.2 Å². The Balaban J connectivity index is 1.75. The summed E-state index contributed by atoms with van der Waals surface area (Å²) in [5, 5.41) is 3.99. The number of aromatic nitrogens is 1. The fourth-order valence-corrected chi connectivity index (χ4v) is 4.01. The van der Waals surface area contributed by atoms with Gasteiger partial charge in [-0.3, -0.25) is 4.79 Å². The minimum atomic E-state index is -0.0340. The Bertz CT molecular complexity index is 940. The summed E-state index contributed by atoms with van der Waals surface area (Å²) in [6.45, 7) is 11.2. The van der Waals surface area contributed by atoms with E-state index in [9.17, 15) is 4.79 Å². The highest BCUT2D eigenvalue weighted by Crippen LogP contribution is 2.26. The molecule has 160 valence electrons. The van der Waals surface area contributed by atoms with Crippen LogP contribution in [0.15, 0.2) is 53.6 Å². The molecule has 1 aromatic heterocycles. The summed E-state index contributed by atoms with van der Waals surface area (Å²) >= 11 is 0. The van der Waals surface area contributed by atoms with E-state index < -0.39 is 0 Å². The predicted molar refractivity (Wildman–Crippen MR) is 127 cm³/mol. The first-order valence-electron chi connectivity index (χ1n) is 11.2. The van der Waals surface area contributed by atoms with E-state index in [-0.39, 0.29) is 5.91 Å². The largest absolute Gasteiger partial charge is 0.356 e. The molecule has 0 radical (unpaired) electrons. The van der Waals surface area contributed by atoms with Gasteiger partial charge in [-0.05, 0) is 64.5 Å². The Morgan fingerprint density at radius 3 is 2.80 bits per heavy atom. The van der Waals surface area contributed by atoms with E-state index in [1.165, 1.54) is 24.0 Å². The first kappa shape index (κ1) is 22.1. The molecule has 3 rings (SSSR count). The van der Waals surface area contributed by atoms with E-state index in [0.717, 1.165) is 42.7 Å². The first-order chi connectivity index (χ1) is 14.4. The molecule has 2 heterocycles. The summed E-state index contributed by atoms with van der Waals surface area (Å²) in [7, 11) is 0. The minimum absolute atomic E-state index is 0.0340. The predicted octanol–water partition coefficient (Wildman–Crippen LogP) is 5.89. The Morgan fingerprint density at radius 1 is 1.23 bits per heavy atom. The number of carbonyl (C=O) groups is 1. The second-order valence-corrected chi connectivity index (χ2v) is 8.82. The fourth-order valence-electron chi connectivity index (χ4n) is 4.01. The average molecular weight is 406 g/mol. The van der Waals surface area contributed by atoms with E-state index >= 15 is 0 Å². The lowest BCUT2D eigenvalue weighted by atomic mass is 10.00. The van der Waals surface area contributed by atoms with Crippen LogP contribution >= 0.6 is 0 Å². The summed E-state index contributed by atoms with van der Waals surface area (Å²) in [4.78, 5) is 20.2. The van der Waals surface area contributed by atoms with Gasteiger partial charge in [0.1, 0.15) is 5.82 Å². The van der Waals surface area contributed by atoms with Gasteiger partial charge in [0.25, 0.3) is 5.91 Å². The molecule has 0 saturated carbocycles. The molecule has 1 fully saturated rings. The molecule has 30 heavy (non-hydrogen) atoms. The van der Waals surface area contributed by atoms with Crippen molar-refractivity contribution in [2.45, 2.75) is 53.4 Å². The molecule has 0 aliphatic carbocycles. The van der Waals surface area contributed by atoms with Crippen LogP contribution in [0.2, 0.25) is 0 Å². The SMILES string of the molecule is CC(C)=CCC/C(C)=C/CNC(=O)c1cc(N2CCCC(C)C2)nc2ccccc12. The Labute approximate surface area is 181 Å². The van der Waals surface area contributed by atoms with Gasteiger partial charge in [-0.1, -0.05) is 48.4 Å². The molecule has 0 spiro atoms. The van der Waals surface area contributed by atoms with Crippen molar-refractivity contribution in [2.75, 3.05) is 24.5 Å². The monoisotopic (exact) mass is 405 g/mol. The van der Waals surface area contributed by atoms with Gasteiger partial charge in [-0.15, -0.1) is 0 Å². The molecule has 4 heteroatoms. The van der Waals surface area contributed by atoms with Crippen molar-refractivity contribution in [2.24, 2.45) is 5.92 Å². The van der Waals surface area contributed by atoms with Gasteiger partial charge in [-0.25, -0.2) is 4.98 Å². The van der Waals surface area contributed by atoms with Gasteiger partial charge >= 0.3 is 0 Å². The number of hydrogen-bond donors (Lipinski definition) is 1. The van der Waals surface area contributed by atoms with Crippen molar-refractivity contribution in [3.8, 4) is 0 Å². The Morgan fingerprint density at radius 2 is 2.03 bits per heavy atom. The number of para-hydroxylation sites is 1. The molecule has 2 aromatic rings. The maximum absolute atomic E-state index is 13.0. The minimum Gasteiger partial charge on any atom is -0.356 e. The molecular weight excluding hydrogens is 370 g/mol. The number of allylic oxidation sites excluding steroid dienone is 3. The zero-order chi connectivity index (χ0) is 21.5. The van der Waals surface area contributed by atoms with Crippen molar-refractivity contribution < 1.29 is 4.79 Å². The molecule has 1 unspecified atom stereocenters.